The van der Waals surface area contributed by atoms with Crippen molar-refractivity contribution in [3.8, 4) is 0 Å². The molecule has 1 aromatic carbocycles. The molecule has 1 aromatic rings. The van der Waals surface area contributed by atoms with Gasteiger partial charge in [0.25, 0.3) is 0 Å². The fourth-order valence-corrected chi connectivity index (χ4v) is 2.69. The molecule has 2 rings (SSSR count). The molecule has 0 radical (unpaired) electrons. The third-order valence-electron chi connectivity index (χ3n) is 3.24. The minimum atomic E-state index is 0.101. The summed E-state index contributed by atoms with van der Waals surface area (Å²) < 4.78 is 0. The van der Waals surface area contributed by atoms with Gasteiger partial charge in [-0.1, -0.05) is 24.6 Å². The van der Waals surface area contributed by atoms with Gasteiger partial charge < -0.3 is 10.0 Å². The van der Waals surface area contributed by atoms with Gasteiger partial charge in [-0.25, -0.2) is 0 Å². The van der Waals surface area contributed by atoms with E-state index in [2.05, 4.69) is 11.0 Å². The largest absolute Gasteiger partial charge is 0.396 e. The average Bonchev–Trinajstić information content (AvgIpc) is 2.81. The number of nitrogens with zero attached hydrogens (tertiary/aromatic N) is 1. The first-order valence-corrected chi connectivity index (χ1v) is 6.26. The van der Waals surface area contributed by atoms with Crippen LogP contribution >= 0.6 is 11.6 Å². The molecule has 1 atom stereocenters. The van der Waals surface area contributed by atoms with Crippen LogP contribution in [0.2, 0.25) is 5.02 Å². The van der Waals surface area contributed by atoms with Crippen molar-refractivity contribution in [2.75, 3.05) is 24.6 Å². The van der Waals surface area contributed by atoms with E-state index in [1.165, 1.54) is 18.5 Å². The standard InChI is InChI=1S/C13H18ClNO/c1-10(9-16)13-11(14)5-4-6-12(13)15-7-2-3-8-15/h4-6,10,16H,2-3,7-9H2,1H3. The molecule has 1 heterocycles. The van der Waals surface area contributed by atoms with Crippen molar-refractivity contribution in [3.63, 3.8) is 0 Å². The number of hydrogen-bond acceptors (Lipinski definition) is 2. The van der Waals surface area contributed by atoms with Gasteiger partial charge in [0, 0.05) is 36.3 Å². The summed E-state index contributed by atoms with van der Waals surface area (Å²) in [7, 11) is 0. The molecule has 0 spiro atoms. The maximum Gasteiger partial charge on any atom is 0.0498 e. The quantitative estimate of drug-likeness (QED) is 0.877. The van der Waals surface area contributed by atoms with Crippen LogP contribution in [0.5, 0.6) is 0 Å². The predicted octanol–water partition coefficient (Wildman–Crippen LogP) is 3.04. The minimum absolute atomic E-state index is 0.101. The maximum atomic E-state index is 9.30. The van der Waals surface area contributed by atoms with Gasteiger partial charge >= 0.3 is 0 Å². The van der Waals surface area contributed by atoms with Crippen molar-refractivity contribution in [1.29, 1.82) is 0 Å². The fraction of sp³-hybridized carbons (Fsp3) is 0.538. The number of halogens is 1. The molecule has 0 aromatic heterocycles. The molecule has 1 aliphatic rings. The Morgan fingerprint density at radius 1 is 1.38 bits per heavy atom. The van der Waals surface area contributed by atoms with E-state index in [4.69, 9.17) is 11.6 Å². The summed E-state index contributed by atoms with van der Waals surface area (Å²) in [6.07, 6.45) is 2.50. The van der Waals surface area contributed by atoms with Crippen LogP contribution in [0.1, 0.15) is 31.2 Å². The first-order valence-electron chi connectivity index (χ1n) is 5.88. The van der Waals surface area contributed by atoms with Crippen LogP contribution in [0.15, 0.2) is 18.2 Å². The van der Waals surface area contributed by atoms with Crippen LogP contribution in [-0.4, -0.2) is 24.8 Å². The second-order valence-electron chi connectivity index (χ2n) is 4.45. The molecule has 2 nitrogen and oxygen atoms in total. The first kappa shape index (κ1) is 11.7. The summed E-state index contributed by atoms with van der Waals surface area (Å²) >= 11 is 6.24. The lowest BCUT2D eigenvalue weighted by molar-refractivity contribution is 0.273. The lowest BCUT2D eigenvalue weighted by atomic mass is 9.99. The topological polar surface area (TPSA) is 23.5 Å². The van der Waals surface area contributed by atoms with Gasteiger partial charge in [0.1, 0.15) is 0 Å². The molecular formula is C13H18ClNO. The van der Waals surface area contributed by atoms with Crippen molar-refractivity contribution < 1.29 is 5.11 Å². The molecule has 3 heteroatoms. The first-order chi connectivity index (χ1) is 7.74. The fourth-order valence-electron chi connectivity index (χ4n) is 2.34. The third-order valence-corrected chi connectivity index (χ3v) is 3.57. The highest BCUT2D eigenvalue weighted by Crippen LogP contribution is 2.35. The van der Waals surface area contributed by atoms with Gasteiger partial charge in [-0.3, -0.25) is 0 Å². The molecule has 0 amide bonds. The second-order valence-corrected chi connectivity index (χ2v) is 4.86. The van der Waals surface area contributed by atoms with Crippen molar-refractivity contribution in [2.24, 2.45) is 0 Å². The lowest BCUT2D eigenvalue weighted by Gasteiger charge is -2.24. The summed E-state index contributed by atoms with van der Waals surface area (Å²) in [4.78, 5) is 2.37. The van der Waals surface area contributed by atoms with Gasteiger partial charge in [0.05, 0.1) is 0 Å². The minimum Gasteiger partial charge on any atom is -0.396 e. The van der Waals surface area contributed by atoms with Crippen molar-refractivity contribution >= 4 is 17.3 Å². The monoisotopic (exact) mass is 239 g/mol. The van der Waals surface area contributed by atoms with E-state index < -0.39 is 0 Å². The van der Waals surface area contributed by atoms with E-state index in [-0.39, 0.29) is 12.5 Å². The van der Waals surface area contributed by atoms with Gasteiger partial charge in [0.15, 0.2) is 0 Å². The van der Waals surface area contributed by atoms with E-state index in [1.807, 2.05) is 19.1 Å². The van der Waals surface area contributed by atoms with Gasteiger partial charge in [-0.15, -0.1) is 0 Å². The summed E-state index contributed by atoms with van der Waals surface area (Å²) in [6, 6.07) is 6.00. The Bertz CT molecular complexity index is 361. The van der Waals surface area contributed by atoms with E-state index >= 15 is 0 Å². The molecule has 16 heavy (non-hydrogen) atoms. The van der Waals surface area contributed by atoms with Gasteiger partial charge in [-0.05, 0) is 30.5 Å². The molecule has 0 aliphatic carbocycles. The summed E-state index contributed by atoms with van der Waals surface area (Å²) in [5, 5.41) is 10.1. The van der Waals surface area contributed by atoms with E-state index in [1.54, 1.807) is 0 Å². The van der Waals surface area contributed by atoms with E-state index in [0.717, 1.165) is 23.7 Å². The number of aliphatic hydroxyl groups excluding tert-OH is 1. The normalized spacial score (nSPS) is 17.8. The highest BCUT2D eigenvalue weighted by molar-refractivity contribution is 6.31. The molecule has 0 bridgehead atoms. The molecular weight excluding hydrogens is 222 g/mol. The summed E-state index contributed by atoms with van der Waals surface area (Å²) in [5.74, 6) is 0.101. The van der Waals surface area contributed by atoms with Crippen LogP contribution in [0.3, 0.4) is 0 Å². The Kier molecular flexibility index (Phi) is 3.72. The van der Waals surface area contributed by atoms with E-state index in [0.29, 0.717) is 0 Å². The van der Waals surface area contributed by atoms with Crippen LogP contribution in [-0.2, 0) is 0 Å². The van der Waals surface area contributed by atoms with Crippen LogP contribution in [0.25, 0.3) is 0 Å². The second kappa shape index (κ2) is 5.07. The highest BCUT2D eigenvalue weighted by atomic mass is 35.5. The van der Waals surface area contributed by atoms with Gasteiger partial charge in [0.2, 0.25) is 0 Å². The molecule has 88 valence electrons. The Morgan fingerprint density at radius 3 is 2.69 bits per heavy atom. The molecule has 1 saturated heterocycles. The Labute approximate surface area is 102 Å². The van der Waals surface area contributed by atoms with Crippen LogP contribution in [0, 0.1) is 0 Å². The Balaban J connectivity index is 2.38. The number of rotatable bonds is 3. The molecule has 1 fully saturated rings. The van der Waals surface area contributed by atoms with Crippen molar-refractivity contribution in [1.82, 2.24) is 0 Å². The SMILES string of the molecule is CC(CO)c1c(Cl)cccc1N1CCCC1. The lowest BCUT2D eigenvalue weighted by Crippen LogP contribution is -2.20. The van der Waals surface area contributed by atoms with E-state index in [9.17, 15) is 5.11 Å². The number of hydrogen-bond donors (Lipinski definition) is 1. The van der Waals surface area contributed by atoms with Crippen LogP contribution < -0.4 is 4.90 Å². The maximum absolute atomic E-state index is 9.30. The Morgan fingerprint density at radius 2 is 2.06 bits per heavy atom. The molecule has 1 N–H and O–H groups in total. The van der Waals surface area contributed by atoms with Gasteiger partial charge in [-0.2, -0.15) is 0 Å². The zero-order valence-corrected chi connectivity index (χ0v) is 10.4. The highest BCUT2D eigenvalue weighted by Gasteiger charge is 2.20. The molecule has 0 saturated carbocycles. The predicted molar refractivity (Wildman–Crippen MR) is 68.4 cm³/mol. The number of aliphatic hydroxyl groups is 1. The van der Waals surface area contributed by atoms with Crippen molar-refractivity contribution in [3.05, 3.63) is 28.8 Å². The zero-order chi connectivity index (χ0) is 11.5. The molecule has 1 aliphatic heterocycles. The zero-order valence-electron chi connectivity index (χ0n) is 9.62. The smallest absolute Gasteiger partial charge is 0.0498 e. The van der Waals surface area contributed by atoms with Crippen molar-refractivity contribution in [2.45, 2.75) is 25.7 Å². The number of benzene rings is 1. The third kappa shape index (κ3) is 2.18. The number of anilines is 1. The average molecular weight is 240 g/mol. The molecule has 1 unspecified atom stereocenters. The summed E-state index contributed by atoms with van der Waals surface area (Å²) in [5.41, 5.74) is 2.29. The van der Waals surface area contributed by atoms with Crippen LogP contribution in [0.4, 0.5) is 5.69 Å². The Hall–Kier alpha value is -0.730. The summed E-state index contributed by atoms with van der Waals surface area (Å²) in [6.45, 7) is 4.36.